The monoisotopic (exact) mass is 249 g/mol. The van der Waals surface area contributed by atoms with Crippen molar-refractivity contribution in [3.8, 4) is 0 Å². The van der Waals surface area contributed by atoms with Crippen molar-refractivity contribution in [2.24, 2.45) is 0 Å². The first-order valence-electron chi connectivity index (χ1n) is 5.15. The highest BCUT2D eigenvalue weighted by molar-refractivity contribution is 7.98. The largest absolute Gasteiger partial charge is 0.488 e. The molecular weight excluding hydrogens is 237 g/mol. The second kappa shape index (κ2) is 5.40. The van der Waals surface area contributed by atoms with Gasteiger partial charge in [-0.2, -0.15) is 0 Å². The lowest BCUT2D eigenvalue weighted by molar-refractivity contribution is 0.425. The molecule has 0 amide bonds. The van der Waals surface area contributed by atoms with E-state index in [9.17, 15) is 0 Å². The quantitative estimate of drug-likeness (QED) is 0.624. The van der Waals surface area contributed by atoms with Gasteiger partial charge < -0.3 is 14.5 Å². The van der Waals surface area contributed by atoms with E-state index in [2.05, 4.69) is 4.98 Å². The minimum absolute atomic E-state index is 0.492. The maximum absolute atomic E-state index is 9.05. The van der Waals surface area contributed by atoms with Crippen LogP contribution in [0, 0.1) is 6.92 Å². The van der Waals surface area contributed by atoms with Crippen molar-refractivity contribution < 1.29 is 14.5 Å². The molecule has 6 heteroatoms. The van der Waals surface area contributed by atoms with Gasteiger partial charge in [0, 0.05) is 5.75 Å². The summed E-state index contributed by atoms with van der Waals surface area (Å²) in [6.07, 6.45) is 1.61. The molecule has 1 heterocycles. The number of nitrogens with zero attached hydrogens (tertiary/aromatic N) is 1. The minimum Gasteiger partial charge on any atom is -0.440 e. The first-order chi connectivity index (χ1) is 8.15. The van der Waals surface area contributed by atoms with E-state index in [-0.39, 0.29) is 0 Å². The highest BCUT2D eigenvalue weighted by Crippen LogP contribution is 2.21. The topological polar surface area (TPSA) is 66.5 Å². The normalized spacial score (nSPS) is 10.5. The molecule has 2 aromatic rings. The fourth-order valence-corrected chi connectivity index (χ4v) is 2.18. The van der Waals surface area contributed by atoms with Gasteiger partial charge in [-0.3, -0.25) is 0 Å². The number of aryl methyl sites for hydroxylation is 1. The summed E-state index contributed by atoms with van der Waals surface area (Å²) >= 11 is 1.47. The number of hydrogen-bond acceptors (Lipinski definition) is 5. The van der Waals surface area contributed by atoms with Crippen LogP contribution in [0.3, 0.4) is 0 Å². The van der Waals surface area contributed by atoms with Crippen molar-refractivity contribution in [1.82, 2.24) is 4.98 Å². The van der Waals surface area contributed by atoms with Crippen molar-refractivity contribution in [3.05, 3.63) is 41.8 Å². The van der Waals surface area contributed by atoms with Crippen LogP contribution in [-0.4, -0.2) is 22.2 Å². The summed E-state index contributed by atoms with van der Waals surface area (Å²) in [4.78, 5) is 4.18. The zero-order valence-electron chi connectivity index (χ0n) is 9.33. The van der Waals surface area contributed by atoms with E-state index in [1.54, 1.807) is 24.5 Å². The van der Waals surface area contributed by atoms with E-state index in [4.69, 9.17) is 14.5 Å². The third kappa shape index (κ3) is 3.36. The summed E-state index contributed by atoms with van der Waals surface area (Å²) in [7, 11) is -1.43. The number of oxazole rings is 1. The molecule has 1 aromatic heterocycles. The van der Waals surface area contributed by atoms with Gasteiger partial charge in [-0.15, -0.1) is 0 Å². The Morgan fingerprint density at radius 3 is 2.88 bits per heavy atom. The fourth-order valence-electron chi connectivity index (χ4n) is 1.39. The molecule has 0 aliphatic rings. The number of aromatic nitrogens is 1. The second-order valence-electron chi connectivity index (χ2n) is 3.66. The van der Waals surface area contributed by atoms with Crippen molar-refractivity contribution in [2.75, 3.05) is 0 Å². The lowest BCUT2D eigenvalue weighted by Gasteiger charge is -2.02. The van der Waals surface area contributed by atoms with Gasteiger partial charge in [-0.25, -0.2) is 4.98 Å². The summed E-state index contributed by atoms with van der Waals surface area (Å²) in [6, 6.07) is 7.15. The van der Waals surface area contributed by atoms with E-state index in [0.717, 1.165) is 11.3 Å². The Labute approximate surface area is 104 Å². The van der Waals surface area contributed by atoms with Gasteiger partial charge in [0.1, 0.15) is 6.26 Å². The van der Waals surface area contributed by atoms with E-state index in [1.165, 1.54) is 11.8 Å². The Morgan fingerprint density at radius 2 is 2.24 bits per heavy atom. The Hall–Kier alpha value is -1.24. The lowest BCUT2D eigenvalue weighted by atomic mass is 9.80. The molecular formula is C11H12BNO3S. The predicted octanol–water partition coefficient (Wildman–Crippen LogP) is 0.955. The van der Waals surface area contributed by atoms with Crippen LogP contribution in [0.25, 0.3) is 0 Å². The zero-order chi connectivity index (χ0) is 12.3. The molecule has 0 radical (unpaired) electrons. The predicted molar refractivity (Wildman–Crippen MR) is 67.1 cm³/mol. The third-order valence-corrected chi connectivity index (χ3v) is 3.12. The number of hydrogen-bond donors (Lipinski definition) is 2. The number of thioether (sulfide) groups is 1. The molecule has 4 nitrogen and oxygen atoms in total. The molecule has 2 N–H and O–H groups in total. The molecule has 0 bridgehead atoms. The minimum atomic E-state index is -1.43. The molecule has 88 valence electrons. The van der Waals surface area contributed by atoms with Crippen LogP contribution in [-0.2, 0) is 5.75 Å². The second-order valence-corrected chi connectivity index (χ2v) is 4.59. The smallest absolute Gasteiger partial charge is 0.440 e. The SMILES string of the molecule is Cc1coc(SCc2cccc(B(O)O)c2)n1. The molecule has 1 aromatic carbocycles. The van der Waals surface area contributed by atoms with E-state index < -0.39 is 7.12 Å². The molecule has 2 rings (SSSR count). The third-order valence-electron chi connectivity index (χ3n) is 2.21. The zero-order valence-corrected chi connectivity index (χ0v) is 10.1. The van der Waals surface area contributed by atoms with Gasteiger partial charge >= 0.3 is 7.12 Å². The summed E-state index contributed by atoms with van der Waals surface area (Å²) in [5.74, 6) is 0.681. The molecule has 0 atom stereocenters. The average molecular weight is 249 g/mol. The van der Waals surface area contributed by atoms with Crippen LogP contribution in [0.1, 0.15) is 11.3 Å². The van der Waals surface area contributed by atoms with Gasteiger partial charge in [0.15, 0.2) is 0 Å². The fraction of sp³-hybridized carbons (Fsp3) is 0.182. The Bertz CT molecular complexity index is 501. The first kappa shape index (κ1) is 12.2. The van der Waals surface area contributed by atoms with E-state index in [1.807, 2.05) is 13.0 Å². The van der Waals surface area contributed by atoms with Crippen molar-refractivity contribution >= 4 is 24.3 Å². The van der Waals surface area contributed by atoms with Gasteiger partial charge in [0.2, 0.25) is 0 Å². The maximum atomic E-state index is 9.05. The van der Waals surface area contributed by atoms with Crippen molar-refractivity contribution in [3.63, 3.8) is 0 Å². The van der Waals surface area contributed by atoms with Gasteiger partial charge in [0.25, 0.3) is 5.22 Å². The summed E-state index contributed by atoms with van der Waals surface area (Å²) in [6.45, 7) is 1.87. The first-order valence-corrected chi connectivity index (χ1v) is 6.13. The molecule has 0 spiro atoms. The molecule has 17 heavy (non-hydrogen) atoms. The van der Waals surface area contributed by atoms with Gasteiger partial charge in [0.05, 0.1) is 5.69 Å². The lowest BCUT2D eigenvalue weighted by Crippen LogP contribution is -2.29. The summed E-state index contributed by atoms with van der Waals surface area (Å²) in [5, 5.41) is 18.7. The molecule has 0 saturated heterocycles. The maximum Gasteiger partial charge on any atom is 0.488 e. The Kier molecular flexibility index (Phi) is 3.88. The Balaban J connectivity index is 2.01. The summed E-state index contributed by atoms with van der Waals surface area (Å²) < 4.78 is 5.22. The standard InChI is InChI=1S/C11H12BNO3S/c1-8-6-16-11(13-8)17-7-9-3-2-4-10(5-9)12(14)15/h2-6,14-15H,7H2,1H3. The van der Waals surface area contributed by atoms with Crippen LogP contribution in [0.4, 0.5) is 0 Å². The Morgan fingerprint density at radius 1 is 1.41 bits per heavy atom. The van der Waals surface area contributed by atoms with Gasteiger partial charge in [-0.05, 0) is 17.9 Å². The average Bonchev–Trinajstić information content (AvgIpc) is 2.73. The van der Waals surface area contributed by atoms with Crippen LogP contribution < -0.4 is 5.46 Å². The van der Waals surface area contributed by atoms with Crippen molar-refractivity contribution in [1.29, 1.82) is 0 Å². The van der Waals surface area contributed by atoms with E-state index >= 15 is 0 Å². The van der Waals surface area contributed by atoms with E-state index in [0.29, 0.717) is 16.4 Å². The van der Waals surface area contributed by atoms with Crippen LogP contribution >= 0.6 is 11.8 Å². The molecule has 0 saturated carbocycles. The molecule has 0 fully saturated rings. The van der Waals surface area contributed by atoms with Gasteiger partial charge in [-0.1, -0.05) is 36.0 Å². The van der Waals surface area contributed by atoms with Crippen LogP contribution in [0.15, 0.2) is 40.2 Å². The van der Waals surface area contributed by atoms with Crippen LogP contribution in [0.5, 0.6) is 0 Å². The summed E-state index contributed by atoms with van der Waals surface area (Å²) in [5.41, 5.74) is 2.34. The van der Waals surface area contributed by atoms with Crippen LogP contribution in [0.2, 0.25) is 0 Å². The number of benzene rings is 1. The highest BCUT2D eigenvalue weighted by Gasteiger charge is 2.11. The number of rotatable bonds is 4. The highest BCUT2D eigenvalue weighted by atomic mass is 32.2. The molecule has 0 aliphatic carbocycles. The van der Waals surface area contributed by atoms with Crippen molar-refractivity contribution in [2.45, 2.75) is 17.9 Å². The molecule has 0 aliphatic heterocycles. The molecule has 0 unspecified atom stereocenters.